The molecular weight excluding hydrogens is 312 g/mol. The van der Waals surface area contributed by atoms with E-state index in [2.05, 4.69) is 10.3 Å². The van der Waals surface area contributed by atoms with Crippen LogP contribution in [0.25, 0.3) is 10.9 Å². The molecule has 2 aromatic carbocycles. The minimum atomic E-state index is -0.659. The number of halogens is 1. The Kier molecular flexibility index (Phi) is 3.92. The van der Waals surface area contributed by atoms with Crippen LogP contribution in [-0.2, 0) is 4.79 Å². The largest absolute Gasteiger partial charge is 0.360 e. The molecule has 0 spiro atoms. The molecule has 0 atom stereocenters. The summed E-state index contributed by atoms with van der Waals surface area (Å²) in [4.78, 5) is 27.6. The number of hydrogen-bond donors (Lipinski definition) is 2. The fraction of sp³-hybridized carbons (Fsp3) is 0.111. The predicted octanol–water partition coefficient (Wildman–Crippen LogP) is 4.26. The smallest absolute Gasteiger partial charge is 0.296 e. The first-order valence-electron chi connectivity index (χ1n) is 7.15. The molecule has 0 fully saturated rings. The molecule has 0 aliphatic heterocycles. The molecule has 0 unspecified atom stereocenters. The Morgan fingerprint density at radius 1 is 1.09 bits per heavy atom. The Morgan fingerprint density at radius 3 is 2.61 bits per heavy atom. The summed E-state index contributed by atoms with van der Waals surface area (Å²) in [6.45, 7) is 3.86. The number of rotatable bonds is 3. The summed E-state index contributed by atoms with van der Waals surface area (Å²) in [7, 11) is 0. The third-order valence-corrected chi connectivity index (χ3v) is 3.96. The van der Waals surface area contributed by atoms with E-state index in [-0.39, 0.29) is 0 Å². The second-order valence-electron chi connectivity index (χ2n) is 5.49. The number of Topliss-reactive ketones (excluding diaryl/α,β-unsaturated/α-hetero) is 1. The van der Waals surface area contributed by atoms with Gasteiger partial charge in [-0.3, -0.25) is 9.59 Å². The Balaban J connectivity index is 1.88. The summed E-state index contributed by atoms with van der Waals surface area (Å²) in [6, 6.07) is 10.8. The summed E-state index contributed by atoms with van der Waals surface area (Å²) >= 11 is 5.92. The number of benzene rings is 2. The first-order chi connectivity index (χ1) is 11.0. The maximum absolute atomic E-state index is 12.4. The zero-order valence-corrected chi connectivity index (χ0v) is 13.5. The molecule has 1 aromatic heterocycles. The maximum atomic E-state index is 12.4. The van der Waals surface area contributed by atoms with Gasteiger partial charge in [-0.25, -0.2) is 0 Å². The van der Waals surface area contributed by atoms with Crippen LogP contribution >= 0.6 is 11.6 Å². The van der Waals surface area contributed by atoms with Gasteiger partial charge in [-0.2, -0.15) is 0 Å². The number of ketones is 1. The Labute approximate surface area is 138 Å². The number of aromatic nitrogens is 1. The Bertz CT molecular complexity index is 928. The van der Waals surface area contributed by atoms with Crippen LogP contribution in [0.3, 0.4) is 0 Å². The van der Waals surface area contributed by atoms with Crippen molar-refractivity contribution in [3.05, 3.63) is 64.3 Å². The molecule has 3 rings (SSSR count). The van der Waals surface area contributed by atoms with Gasteiger partial charge in [-0.05, 0) is 37.6 Å². The standard InChI is InChI=1S/C18H15ClN2O2/c1-10-3-6-15(11(2)7-10)21-18(23)17(22)14-9-20-16-8-12(19)4-5-13(14)16/h3-9,20H,1-2H3,(H,21,23). The van der Waals surface area contributed by atoms with E-state index in [9.17, 15) is 9.59 Å². The molecule has 0 bridgehead atoms. The first-order valence-corrected chi connectivity index (χ1v) is 7.53. The molecule has 5 heteroatoms. The lowest BCUT2D eigenvalue weighted by molar-refractivity contribution is -0.112. The number of fused-ring (bicyclic) bond motifs is 1. The van der Waals surface area contributed by atoms with Crippen LogP contribution in [0.1, 0.15) is 21.5 Å². The van der Waals surface area contributed by atoms with Crippen molar-refractivity contribution >= 4 is 39.9 Å². The van der Waals surface area contributed by atoms with E-state index in [1.54, 1.807) is 24.3 Å². The summed E-state index contributed by atoms with van der Waals surface area (Å²) < 4.78 is 0. The van der Waals surface area contributed by atoms with Gasteiger partial charge >= 0.3 is 0 Å². The number of aryl methyl sites for hydroxylation is 2. The minimum absolute atomic E-state index is 0.332. The number of carbonyl (C=O) groups is 2. The van der Waals surface area contributed by atoms with Gasteiger partial charge in [0, 0.05) is 27.8 Å². The van der Waals surface area contributed by atoms with Crippen molar-refractivity contribution < 1.29 is 9.59 Å². The molecule has 0 aliphatic rings. The zero-order chi connectivity index (χ0) is 16.6. The molecule has 0 saturated carbocycles. The number of H-pyrrole nitrogens is 1. The van der Waals surface area contributed by atoms with Crippen LogP contribution < -0.4 is 5.32 Å². The minimum Gasteiger partial charge on any atom is -0.360 e. The molecule has 0 aliphatic carbocycles. The maximum Gasteiger partial charge on any atom is 0.296 e. The summed E-state index contributed by atoms with van der Waals surface area (Å²) in [5.74, 6) is -1.24. The molecule has 4 nitrogen and oxygen atoms in total. The lowest BCUT2D eigenvalue weighted by Gasteiger charge is -2.08. The van der Waals surface area contributed by atoms with Gasteiger partial charge in [0.1, 0.15) is 0 Å². The van der Waals surface area contributed by atoms with Crippen molar-refractivity contribution in [3.63, 3.8) is 0 Å². The van der Waals surface area contributed by atoms with Crippen molar-refractivity contribution in [2.45, 2.75) is 13.8 Å². The summed E-state index contributed by atoms with van der Waals surface area (Å²) in [6.07, 6.45) is 1.53. The third-order valence-electron chi connectivity index (χ3n) is 3.72. The van der Waals surface area contributed by atoms with Crippen LogP contribution in [0.4, 0.5) is 5.69 Å². The fourth-order valence-electron chi connectivity index (χ4n) is 2.54. The van der Waals surface area contributed by atoms with Crippen molar-refractivity contribution in [2.75, 3.05) is 5.32 Å². The van der Waals surface area contributed by atoms with Gasteiger partial charge in [-0.15, -0.1) is 0 Å². The number of nitrogens with one attached hydrogen (secondary N) is 2. The summed E-state index contributed by atoms with van der Waals surface area (Å²) in [5, 5.41) is 3.92. The third kappa shape index (κ3) is 2.98. The van der Waals surface area contributed by atoms with Crippen molar-refractivity contribution in [3.8, 4) is 0 Å². The SMILES string of the molecule is Cc1ccc(NC(=O)C(=O)c2c[nH]c3cc(Cl)ccc23)c(C)c1. The fourth-order valence-corrected chi connectivity index (χ4v) is 2.71. The Hall–Kier alpha value is -2.59. The average molecular weight is 327 g/mol. The number of aromatic amines is 1. The topological polar surface area (TPSA) is 62.0 Å². The predicted molar refractivity (Wildman–Crippen MR) is 92.2 cm³/mol. The molecule has 1 heterocycles. The van der Waals surface area contributed by atoms with Crippen molar-refractivity contribution in [1.82, 2.24) is 4.98 Å². The van der Waals surface area contributed by atoms with E-state index in [0.29, 0.717) is 21.7 Å². The highest BCUT2D eigenvalue weighted by atomic mass is 35.5. The second-order valence-corrected chi connectivity index (χ2v) is 5.93. The van der Waals surface area contributed by atoms with Gasteiger partial charge in [0.25, 0.3) is 11.7 Å². The lowest BCUT2D eigenvalue weighted by atomic mass is 10.1. The van der Waals surface area contributed by atoms with E-state index in [4.69, 9.17) is 11.6 Å². The van der Waals surface area contributed by atoms with E-state index in [1.807, 2.05) is 26.0 Å². The number of anilines is 1. The Morgan fingerprint density at radius 2 is 1.87 bits per heavy atom. The quantitative estimate of drug-likeness (QED) is 0.558. The van der Waals surface area contributed by atoms with Crippen LogP contribution in [-0.4, -0.2) is 16.7 Å². The van der Waals surface area contributed by atoms with Crippen LogP contribution in [0.5, 0.6) is 0 Å². The molecule has 3 aromatic rings. The molecule has 1 amide bonds. The molecular formula is C18H15ClN2O2. The second kappa shape index (κ2) is 5.89. The van der Waals surface area contributed by atoms with Gasteiger partial charge in [0.05, 0.1) is 5.56 Å². The number of hydrogen-bond acceptors (Lipinski definition) is 2. The molecule has 0 saturated heterocycles. The van der Waals surface area contributed by atoms with Crippen molar-refractivity contribution in [1.29, 1.82) is 0 Å². The van der Waals surface area contributed by atoms with Crippen LogP contribution in [0.15, 0.2) is 42.6 Å². The highest BCUT2D eigenvalue weighted by Gasteiger charge is 2.20. The van der Waals surface area contributed by atoms with Gasteiger partial charge in [-0.1, -0.05) is 35.4 Å². The average Bonchev–Trinajstić information content (AvgIpc) is 2.92. The normalized spacial score (nSPS) is 10.7. The molecule has 0 radical (unpaired) electrons. The van der Waals surface area contributed by atoms with E-state index in [1.165, 1.54) is 6.20 Å². The molecule has 2 N–H and O–H groups in total. The number of amides is 1. The van der Waals surface area contributed by atoms with Gasteiger partial charge in [0.15, 0.2) is 0 Å². The van der Waals surface area contributed by atoms with Gasteiger partial charge in [0.2, 0.25) is 0 Å². The highest BCUT2D eigenvalue weighted by molar-refractivity contribution is 6.48. The molecule has 23 heavy (non-hydrogen) atoms. The van der Waals surface area contributed by atoms with E-state index >= 15 is 0 Å². The van der Waals surface area contributed by atoms with Crippen molar-refractivity contribution in [2.24, 2.45) is 0 Å². The van der Waals surface area contributed by atoms with Crippen LogP contribution in [0.2, 0.25) is 5.02 Å². The van der Waals surface area contributed by atoms with E-state index in [0.717, 1.165) is 16.6 Å². The number of carbonyl (C=O) groups excluding carboxylic acids is 2. The first kappa shape index (κ1) is 15.3. The molecule has 116 valence electrons. The zero-order valence-electron chi connectivity index (χ0n) is 12.7. The van der Waals surface area contributed by atoms with Crippen LogP contribution in [0, 0.1) is 13.8 Å². The summed E-state index contributed by atoms with van der Waals surface area (Å²) in [5.41, 5.74) is 3.70. The van der Waals surface area contributed by atoms with E-state index < -0.39 is 11.7 Å². The lowest BCUT2D eigenvalue weighted by Crippen LogP contribution is -2.23. The monoisotopic (exact) mass is 326 g/mol. The highest BCUT2D eigenvalue weighted by Crippen LogP contribution is 2.23. The van der Waals surface area contributed by atoms with Gasteiger partial charge < -0.3 is 10.3 Å².